The van der Waals surface area contributed by atoms with Gasteiger partial charge in [0.25, 0.3) is 0 Å². The lowest BCUT2D eigenvalue weighted by Crippen LogP contribution is -2.35. The summed E-state index contributed by atoms with van der Waals surface area (Å²) in [6.45, 7) is 0.744. The molecule has 1 aromatic carbocycles. The van der Waals surface area contributed by atoms with E-state index < -0.39 is 0 Å². The van der Waals surface area contributed by atoms with Gasteiger partial charge in [0.05, 0.1) is 11.4 Å². The van der Waals surface area contributed by atoms with E-state index in [0.29, 0.717) is 0 Å². The van der Waals surface area contributed by atoms with E-state index in [1.165, 1.54) is 12.1 Å². The molecule has 0 fully saturated rings. The monoisotopic (exact) mass is 403 g/mol. The second kappa shape index (κ2) is 8.60. The Hall–Kier alpha value is -1.64. The lowest BCUT2D eigenvalue weighted by molar-refractivity contribution is 0.627. The van der Waals surface area contributed by atoms with Crippen molar-refractivity contribution in [2.24, 2.45) is 4.99 Å². The maximum Gasteiger partial charge on any atom is 0.190 e. The largest absolute Gasteiger partial charge is 0.359 e. The first-order valence-electron chi connectivity index (χ1n) is 6.42. The van der Waals surface area contributed by atoms with Gasteiger partial charge < -0.3 is 10.6 Å². The summed E-state index contributed by atoms with van der Waals surface area (Å²) in [5, 5.41) is 10.6. The predicted molar refractivity (Wildman–Crippen MR) is 93.1 cm³/mol. The van der Waals surface area contributed by atoms with Crippen LogP contribution in [-0.2, 0) is 6.42 Å². The van der Waals surface area contributed by atoms with Crippen molar-refractivity contribution in [1.29, 1.82) is 0 Å². The summed E-state index contributed by atoms with van der Waals surface area (Å²) >= 11 is 0. The first kappa shape index (κ1) is 17.4. The standard InChI is InChI=1S/C14H18FN5.HI/c1-16-14(17-2)18-9-7-12-8-10-20(19-12)13-5-3-11(15)4-6-13;/h3-6,8,10H,7,9H2,1-2H3,(H2,16,17,18);1H. The number of guanidine groups is 1. The third-order valence-electron chi connectivity index (χ3n) is 2.87. The number of rotatable bonds is 4. The van der Waals surface area contributed by atoms with Crippen LogP contribution in [0.3, 0.4) is 0 Å². The van der Waals surface area contributed by atoms with Gasteiger partial charge >= 0.3 is 0 Å². The maximum absolute atomic E-state index is 12.9. The zero-order valence-electron chi connectivity index (χ0n) is 12.0. The molecule has 0 bridgehead atoms. The van der Waals surface area contributed by atoms with Gasteiger partial charge in [-0.25, -0.2) is 9.07 Å². The third-order valence-corrected chi connectivity index (χ3v) is 2.87. The summed E-state index contributed by atoms with van der Waals surface area (Å²) in [6, 6.07) is 8.21. The highest BCUT2D eigenvalue weighted by atomic mass is 127. The fourth-order valence-electron chi connectivity index (χ4n) is 1.82. The van der Waals surface area contributed by atoms with Crippen molar-refractivity contribution in [2.75, 3.05) is 20.6 Å². The summed E-state index contributed by atoms with van der Waals surface area (Å²) in [7, 11) is 3.54. The fraction of sp³-hybridized carbons (Fsp3) is 0.286. The number of hydrogen-bond acceptors (Lipinski definition) is 2. The Kier molecular flexibility index (Phi) is 7.13. The van der Waals surface area contributed by atoms with Gasteiger partial charge in [0.2, 0.25) is 0 Å². The highest BCUT2D eigenvalue weighted by Gasteiger charge is 2.02. The molecular formula is C14H19FIN5. The summed E-state index contributed by atoms with van der Waals surface area (Å²) in [4.78, 5) is 4.03. The molecule has 1 heterocycles. The van der Waals surface area contributed by atoms with Crippen LogP contribution < -0.4 is 10.6 Å². The van der Waals surface area contributed by atoms with Crippen molar-refractivity contribution in [3.05, 3.63) is 48.0 Å². The zero-order valence-corrected chi connectivity index (χ0v) is 14.3. The van der Waals surface area contributed by atoms with Crippen molar-refractivity contribution in [3.63, 3.8) is 0 Å². The quantitative estimate of drug-likeness (QED) is 0.467. The van der Waals surface area contributed by atoms with E-state index in [0.717, 1.165) is 30.3 Å². The summed E-state index contributed by atoms with van der Waals surface area (Å²) in [5.74, 6) is 0.506. The van der Waals surface area contributed by atoms with Gasteiger partial charge in [-0.2, -0.15) is 5.10 Å². The Morgan fingerprint density at radius 3 is 2.62 bits per heavy atom. The van der Waals surface area contributed by atoms with E-state index in [-0.39, 0.29) is 29.8 Å². The average molecular weight is 403 g/mol. The van der Waals surface area contributed by atoms with Crippen LogP contribution in [0.2, 0.25) is 0 Å². The van der Waals surface area contributed by atoms with Crippen molar-refractivity contribution in [2.45, 2.75) is 6.42 Å². The van der Waals surface area contributed by atoms with Crippen LogP contribution in [0.15, 0.2) is 41.5 Å². The Labute approximate surface area is 140 Å². The summed E-state index contributed by atoms with van der Waals surface area (Å²) in [6.07, 6.45) is 2.66. The first-order valence-corrected chi connectivity index (χ1v) is 6.42. The van der Waals surface area contributed by atoms with E-state index in [1.54, 1.807) is 23.9 Å². The summed E-state index contributed by atoms with van der Waals surface area (Å²) < 4.78 is 14.6. The molecule has 0 saturated heterocycles. The molecule has 0 spiro atoms. The number of aliphatic imine (C=N–C) groups is 1. The molecule has 0 saturated carbocycles. The van der Waals surface area contributed by atoms with E-state index in [4.69, 9.17) is 0 Å². The molecule has 21 heavy (non-hydrogen) atoms. The Morgan fingerprint density at radius 1 is 1.29 bits per heavy atom. The molecule has 0 amide bonds. The maximum atomic E-state index is 12.9. The van der Waals surface area contributed by atoms with Crippen molar-refractivity contribution >= 4 is 29.9 Å². The molecular weight excluding hydrogens is 384 g/mol. The van der Waals surface area contributed by atoms with Crippen LogP contribution in [0, 0.1) is 5.82 Å². The van der Waals surface area contributed by atoms with Gasteiger partial charge in [-0.1, -0.05) is 0 Å². The van der Waals surface area contributed by atoms with E-state index in [2.05, 4.69) is 20.7 Å². The van der Waals surface area contributed by atoms with Crippen LogP contribution in [0.4, 0.5) is 4.39 Å². The number of benzene rings is 1. The Balaban J connectivity index is 0.00000220. The molecule has 2 N–H and O–H groups in total. The lowest BCUT2D eigenvalue weighted by atomic mass is 10.3. The normalized spacial score (nSPS) is 10.9. The van der Waals surface area contributed by atoms with Crippen molar-refractivity contribution < 1.29 is 4.39 Å². The van der Waals surface area contributed by atoms with Crippen LogP contribution >= 0.6 is 24.0 Å². The average Bonchev–Trinajstić information content (AvgIpc) is 2.93. The molecule has 1 aromatic heterocycles. The molecule has 0 unspecified atom stereocenters. The minimum absolute atomic E-state index is 0. The van der Waals surface area contributed by atoms with Crippen molar-refractivity contribution in [3.8, 4) is 5.69 Å². The van der Waals surface area contributed by atoms with Gasteiger partial charge in [-0.05, 0) is 30.3 Å². The molecule has 114 valence electrons. The number of nitrogens with zero attached hydrogens (tertiary/aromatic N) is 3. The highest BCUT2D eigenvalue weighted by molar-refractivity contribution is 14.0. The molecule has 2 aromatic rings. The van der Waals surface area contributed by atoms with Crippen LogP contribution in [0.5, 0.6) is 0 Å². The zero-order chi connectivity index (χ0) is 14.4. The second-order valence-corrected chi connectivity index (χ2v) is 4.23. The van der Waals surface area contributed by atoms with Gasteiger partial charge in [-0.15, -0.1) is 24.0 Å². The second-order valence-electron chi connectivity index (χ2n) is 4.23. The molecule has 0 aliphatic heterocycles. The minimum Gasteiger partial charge on any atom is -0.359 e. The van der Waals surface area contributed by atoms with E-state index in [9.17, 15) is 4.39 Å². The fourth-order valence-corrected chi connectivity index (χ4v) is 1.82. The highest BCUT2D eigenvalue weighted by Crippen LogP contribution is 2.09. The number of aromatic nitrogens is 2. The van der Waals surface area contributed by atoms with Crippen molar-refractivity contribution in [1.82, 2.24) is 20.4 Å². The van der Waals surface area contributed by atoms with Crippen LogP contribution in [0.25, 0.3) is 5.69 Å². The molecule has 0 radical (unpaired) electrons. The van der Waals surface area contributed by atoms with Gasteiger partial charge in [0.1, 0.15) is 5.82 Å². The van der Waals surface area contributed by atoms with E-state index >= 15 is 0 Å². The summed E-state index contributed by atoms with van der Waals surface area (Å²) in [5.41, 5.74) is 1.81. The van der Waals surface area contributed by atoms with Gasteiger partial charge in [0, 0.05) is 33.3 Å². The van der Waals surface area contributed by atoms with E-state index in [1.807, 2.05) is 19.3 Å². The minimum atomic E-state index is -0.247. The van der Waals surface area contributed by atoms with Gasteiger partial charge in [0.15, 0.2) is 5.96 Å². The predicted octanol–water partition coefficient (Wildman–Crippen LogP) is 1.97. The Morgan fingerprint density at radius 2 is 2.00 bits per heavy atom. The number of halogens is 2. The molecule has 0 aliphatic rings. The molecule has 0 aliphatic carbocycles. The molecule has 5 nitrogen and oxygen atoms in total. The Bertz CT molecular complexity index is 579. The molecule has 7 heteroatoms. The smallest absolute Gasteiger partial charge is 0.190 e. The first-order chi connectivity index (χ1) is 9.72. The van der Waals surface area contributed by atoms with Gasteiger partial charge in [-0.3, -0.25) is 4.99 Å². The topological polar surface area (TPSA) is 54.2 Å². The lowest BCUT2D eigenvalue weighted by Gasteiger charge is -2.06. The number of hydrogen-bond donors (Lipinski definition) is 2. The SMILES string of the molecule is CN=C(NC)NCCc1ccn(-c2ccc(F)cc2)n1.I. The third kappa shape index (κ3) is 5.00. The number of nitrogens with one attached hydrogen (secondary N) is 2. The van der Waals surface area contributed by atoms with Crippen LogP contribution in [0.1, 0.15) is 5.69 Å². The van der Waals surface area contributed by atoms with Crippen LogP contribution in [-0.4, -0.2) is 36.4 Å². The molecule has 0 atom stereocenters. The molecule has 2 rings (SSSR count).